The van der Waals surface area contributed by atoms with E-state index in [1.165, 1.54) is 37.1 Å². The van der Waals surface area contributed by atoms with Gasteiger partial charge in [0.05, 0.1) is 6.61 Å². The predicted molar refractivity (Wildman–Crippen MR) is 140 cm³/mol. The van der Waals surface area contributed by atoms with Crippen molar-refractivity contribution < 1.29 is 13.9 Å². The molecule has 1 N–H and O–H groups in total. The van der Waals surface area contributed by atoms with Crippen LogP contribution in [0.3, 0.4) is 0 Å². The summed E-state index contributed by atoms with van der Waals surface area (Å²) >= 11 is 1.38. The molecule has 0 amide bonds. The summed E-state index contributed by atoms with van der Waals surface area (Å²) in [6.07, 6.45) is 6.82. The summed E-state index contributed by atoms with van der Waals surface area (Å²) in [5.41, 5.74) is 3.27. The third-order valence-corrected chi connectivity index (χ3v) is 7.51. The number of nitrogens with one attached hydrogen (secondary N) is 1. The highest BCUT2D eigenvalue weighted by Crippen LogP contribution is 2.41. The second kappa shape index (κ2) is 11.3. The van der Waals surface area contributed by atoms with E-state index < -0.39 is 0 Å². The topological polar surface area (TPSA) is 69.0 Å². The van der Waals surface area contributed by atoms with Crippen LogP contribution in [0.25, 0.3) is 0 Å². The number of hydrogen-bond acceptors (Lipinski definition) is 6. The van der Waals surface area contributed by atoms with Gasteiger partial charge in [-0.3, -0.25) is 4.79 Å². The standard InChI is InChI=1S/C28H31FN4O2S/c1-2-3-4-7-17-35-21-15-13-19(14-16-21)26-25-23(11-8-12-24(25)34)30-27-31-28(32-33(26)27)36-18-20-9-5-6-10-22(20)29/h5-6,9-10,13-16,26H,2-4,7-8,11-12,17-18H2,1H3,(H,30,31,32). The number of nitrogens with zero attached hydrogens (tertiary/aromatic N) is 3. The van der Waals surface area contributed by atoms with Crippen LogP contribution in [0.15, 0.2) is 65.0 Å². The van der Waals surface area contributed by atoms with E-state index >= 15 is 0 Å². The Kier molecular flexibility index (Phi) is 7.70. The molecule has 2 heterocycles. The number of fused-ring (bicyclic) bond motifs is 1. The minimum atomic E-state index is -0.349. The Morgan fingerprint density at radius 1 is 1.11 bits per heavy atom. The summed E-state index contributed by atoms with van der Waals surface area (Å²) < 4.78 is 21.8. The Bertz CT molecular complexity index is 1250. The van der Waals surface area contributed by atoms with Crippen molar-refractivity contribution in [2.75, 3.05) is 11.9 Å². The molecule has 0 fully saturated rings. The largest absolute Gasteiger partial charge is 0.494 e. The number of halogens is 1. The number of allylic oxidation sites excluding steroid dienone is 2. The number of ketones is 1. The van der Waals surface area contributed by atoms with E-state index in [-0.39, 0.29) is 17.6 Å². The number of benzene rings is 2. The van der Waals surface area contributed by atoms with Crippen molar-refractivity contribution in [2.24, 2.45) is 0 Å². The van der Waals surface area contributed by atoms with E-state index in [0.717, 1.165) is 41.8 Å². The van der Waals surface area contributed by atoms with Crippen molar-refractivity contribution in [1.82, 2.24) is 14.8 Å². The molecular formula is C28H31FN4O2S. The molecule has 6 nitrogen and oxygen atoms in total. The minimum Gasteiger partial charge on any atom is -0.494 e. The van der Waals surface area contributed by atoms with Crippen LogP contribution in [0.5, 0.6) is 5.75 Å². The smallest absolute Gasteiger partial charge is 0.227 e. The fourth-order valence-corrected chi connectivity index (χ4v) is 5.54. The maximum absolute atomic E-state index is 14.1. The fourth-order valence-electron chi connectivity index (χ4n) is 4.73. The molecule has 5 rings (SSSR count). The summed E-state index contributed by atoms with van der Waals surface area (Å²) in [5, 5.41) is 8.64. The molecule has 1 aliphatic heterocycles. The van der Waals surface area contributed by atoms with Crippen molar-refractivity contribution >= 4 is 23.5 Å². The van der Waals surface area contributed by atoms with Crippen molar-refractivity contribution in [3.05, 3.63) is 76.7 Å². The first-order valence-electron chi connectivity index (χ1n) is 12.7. The molecule has 0 spiro atoms. The lowest BCUT2D eigenvalue weighted by molar-refractivity contribution is -0.116. The average molecular weight is 507 g/mol. The Labute approximate surface area is 215 Å². The van der Waals surface area contributed by atoms with E-state index in [0.29, 0.717) is 35.4 Å². The van der Waals surface area contributed by atoms with Gasteiger partial charge in [-0.05, 0) is 48.6 Å². The molecule has 188 valence electrons. The molecule has 8 heteroatoms. The Hall–Kier alpha value is -3.13. The number of ether oxygens (including phenoxy) is 1. The highest BCUT2D eigenvalue weighted by atomic mass is 32.2. The van der Waals surface area contributed by atoms with Crippen LogP contribution in [0, 0.1) is 5.82 Å². The molecule has 1 atom stereocenters. The first-order chi connectivity index (χ1) is 17.6. The van der Waals surface area contributed by atoms with Crippen LogP contribution in [0.2, 0.25) is 0 Å². The minimum absolute atomic E-state index is 0.145. The van der Waals surface area contributed by atoms with Crippen LogP contribution in [0.1, 0.15) is 69.0 Å². The second-order valence-corrected chi connectivity index (χ2v) is 10.2. The number of anilines is 1. The summed E-state index contributed by atoms with van der Waals surface area (Å²) in [6, 6.07) is 14.4. The molecule has 0 saturated carbocycles. The number of hydrogen-bond donors (Lipinski definition) is 1. The molecule has 1 unspecified atom stereocenters. The predicted octanol–water partition coefficient (Wildman–Crippen LogP) is 6.69. The van der Waals surface area contributed by atoms with Gasteiger partial charge in [-0.15, -0.1) is 5.10 Å². The quantitative estimate of drug-likeness (QED) is 0.244. The molecule has 2 aromatic carbocycles. The lowest BCUT2D eigenvalue weighted by atomic mass is 9.85. The van der Waals surface area contributed by atoms with Gasteiger partial charge < -0.3 is 10.1 Å². The Morgan fingerprint density at radius 2 is 1.94 bits per heavy atom. The number of thioether (sulfide) groups is 1. The number of unbranched alkanes of at least 4 members (excludes halogenated alkanes) is 3. The van der Waals surface area contributed by atoms with E-state index in [2.05, 4.69) is 17.2 Å². The van der Waals surface area contributed by atoms with E-state index in [1.807, 2.05) is 30.3 Å². The van der Waals surface area contributed by atoms with Gasteiger partial charge in [-0.25, -0.2) is 9.07 Å². The zero-order chi connectivity index (χ0) is 24.9. The summed E-state index contributed by atoms with van der Waals surface area (Å²) in [7, 11) is 0. The first kappa shape index (κ1) is 24.6. The second-order valence-electron chi connectivity index (χ2n) is 9.22. The number of rotatable bonds is 10. The fraction of sp³-hybridized carbons (Fsp3) is 0.393. The van der Waals surface area contributed by atoms with Crippen molar-refractivity contribution in [3.8, 4) is 5.75 Å². The van der Waals surface area contributed by atoms with Gasteiger partial charge in [0.15, 0.2) is 5.78 Å². The summed E-state index contributed by atoms with van der Waals surface area (Å²) in [4.78, 5) is 17.7. The number of carbonyl (C=O) groups excluding carboxylic acids is 1. The molecular weight excluding hydrogens is 475 g/mol. The van der Waals surface area contributed by atoms with Gasteiger partial charge in [0.1, 0.15) is 17.6 Å². The number of carbonyl (C=O) groups is 1. The van der Waals surface area contributed by atoms with Crippen molar-refractivity contribution in [3.63, 3.8) is 0 Å². The molecule has 1 aliphatic carbocycles. The Balaban J connectivity index is 1.38. The summed E-state index contributed by atoms with van der Waals surface area (Å²) in [6.45, 7) is 2.90. The zero-order valence-corrected chi connectivity index (χ0v) is 21.3. The van der Waals surface area contributed by atoms with Crippen molar-refractivity contribution in [2.45, 2.75) is 68.8 Å². The normalized spacial score (nSPS) is 16.9. The maximum atomic E-state index is 14.1. The third kappa shape index (κ3) is 5.33. The summed E-state index contributed by atoms with van der Waals surface area (Å²) in [5.74, 6) is 1.78. The molecule has 0 saturated heterocycles. The van der Waals surface area contributed by atoms with Gasteiger partial charge >= 0.3 is 0 Å². The molecule has 0 bridgehead atoms. The van der Waals surface area contributed by atoms with E-state index in [9.17, 15) is 9.18 Å². The molecule has 2 aliphatic rings. The highest BCUT2D eigenvalue weighted by Gasteiger charge is 2.36. The number of aromatic nitrogens is 3. The maximum Gasteiger partial charge on any atom is 0.227 e. The van der Waals surface area contributed by atoms with E-state index in [1.54, 1.807) is 16.8 Å². The lowest BCUT2D eigenvalue weighted by Crippen LogP contribution is -2.31. The SMILES string of the molecule is CCCCCCOc1ccc(C2C3=C(CCCC3=O)Nc3nc(SCc4ccccc4F)nn32)cc1. The van der Waals surface area contributed by atoms with Gasteiger partial charge in [-0.2, -0.15) is 4.98 Å². The van der Waals surface area contributed by atoms with Crippen LogP contribution >= 0.6 is 11.8 Å². The van der Waals surface area contributed by atoms with Crippen LogP contribution < -0.4 is 10.1 Å². The van der Waals surface area contributed by atoms with Crippen molar-refractivity contribution in [1.29, 1.82) is 0 Å². The molecule has 3 aromatic rings. The van der Waals surface area contributed by atoms with Crippen LogP contribution in [-0.4, -0.2) is 27.2 Å². The van der Waals surface area contributed by atoms with Gasteiger partial charge in [-0.1, -0.05) is 68.3 Å². The lowest BCUT2D eigenvalue weighted by Gasteiger charge is -2.32. The van der Waals surface area contributed by atoms with E-state index in [4.69, 9.17) is 9.84 Å². The highest BCUT2D eigenvalue weighted by molar-refractivity contribution is 7.98. The van der Waals surface area contributed by atoms with Gasteiger partial charge in [0, 0.05) is 23.4 Å². The first-order valence-corrected chi connectivity index (χ1v) is 13.7. The number of Topliss-reactive ketones (excluding diaryl/α,β-unsaturated/α-hetero) is 1. The zero-order valence-electron chi connectivity index (χ0n) is 20.5. The Morgan fingerprint density at radius 3 is 2.75 bits per heavy atom. The molecule has 1 aromatic heterocycles. The van der Waals surface area contributed by atoms with Crippen LogP contribution in [0.4, 0.5) is 10.3 Å². The third-order valence-electron chi connectivity index (χ3n) is 6.63. The van der Waals surface area contributed by atoms with Crippen LogP contribution in [-0.2, 0) is 10.5 Å². The van der Waals surface area contributed by atoms with Gasteiger partial charge in [0.2, 0.25) is 11.1 Å². The molecule has 36 heavy (non-hydrogen) atoms. The monoisotopic (exact) mass is 506 g/mol. The van der Waals surface area contributed by atoms with Gasteiger partial charge in [0.25, 0.3) is 0 Å². The average Bonchev–Trinajstić information content (AvgIpc) is 3.30. The molecule has 0 radical (unpaired) electrons.